The van der Waals surface area contributed by atoms with E-state index in [0.717, 1.165) is 11.4 Å². The van der Waals surface area contributed by atoms with Crippen LogP contribution in [0.15, 0.2) is 47.4 Å². The molecule has 1 fully saturated rings. The van der Waals surface area contributed by atoms with Gasteiger partial charge in [-0.2, -0.15) is 0 Å². The van der Waals surface area contributed by atoms with Gasteiger partial charge in [0.05, 0.1) is 16.3 Å². The molecule has 2 atom stereocenters. The quantitative estimate of drug-likeness (QED) is 0.806. The van der Waals surface area contributed by atoms with Gasteiger partial charge in [-0.05, 0) is 30.7 Å². The second-order valence-electron chi connectivity index (χ2n) is 7.03. The largest absolute Gasteiger partial charge is 0.486 e. The lowest BCUT2D eigenvalue weighted by molar-refractivity contribution is -0.117. The van der Waals surface area contributed by atoms with Gasteiger partial charge in [-0.15, -0.1) is 0 Å². The zero-order chi connectivity index (χ0) is 19.3. The van der Waals surface area contributed by atoms with Crippen molar-refractivity contribution >= 4 is 27.3 Å². The monoisotopic (exact) mass is 401 g/mol. The predicted molar refractivity (Wildman–Crippen MR) is 102 cm³/mol. The molecule has 3 aliphatic rings. The second-order valence-corrected chi connectivity index (χ2v) is 8.75. The lowest BCUT2D eigenvalue weighted by atomic mass is 10.1. The molecule has 0 saturated carbocycles. The van der Waals surface area contributed by atoms with Crippen LogP contribution in [0.1, 0.15) is 6.42 Å². The molecule has 3 heterocycles. The summed E-state index contributed by atoms with van der Waals surface area (Å²) in [4.78, 5) is 14.5. The third-order valence-corrected chi connectivity index (χ3v) is 6.74. The molecule has 3 aliphatic heterocycles. The molecular weight excluding hydrogens is 382 g/mol. The van der Waals surface area contributed by atoms with Crippen LogP contribution < -0.4 is 24.4 Å². The SMILES string of the molecule is O=C1Nc2ccccc2N2CC(NS(=O)(=O)c3ccc4c(c3)OCCO4)CC12. The van der Waals surface area contributed by atoms with Crippen molar-refractivity contribution in [2.75, 3.05) is 30.0 Å². The van der Waals surface area contributed by atoms with Crippen molar-refractivity contribution in [3.63, 3.8) is 0 Å². The van der Waals surface area contributed by atoms with Crippen molar-refractivity contribution in [1.29, 1.82) is 0 Å². The van der Waals surface area contributed by atoms with E-state index in [2.05, 4.69) is 10.0 Å². The van der Waals surface area contributed by atoms with Gasteiger partial charge >= 0.3 is 0 Å². The molecule has 1 saturated heterocycles. The molecule has 5 rings (SSSR count). The third-order valence-electron chi connectivity index (χ3n) is 5.22. The lowest BCUT2D eigenvalue weighted by Crippen LogP contribution is -2.44. The molecule has 9 heteroatoms. The highest BCUT2D eigenvalue weighted by Gasteiger charge is 2.42. The van der Waals surface area contributed by atoms with Crippen molar-refractivity contribution in [2.45, 2.75) is 23.4 Å². The number of sulfonamides is 1. The number of rotatable bonds is 3. The van der Waals surface area contributed by atoms with Gasteiger partial charge in [-0.1, -0.05) is 12.1 Å². The summed E-state index contributed by atoms with van der Waals surface area (Å²) in [6.45, 7) is 1.26. The number of anilines is 2. The number of carbonyl (C=O) groups is 1. The molecule has 146 valence electrons. The van der Waals surface area contributed by atoms with Gasteiger partial charge in [0, 0.05) is 18.7 Å². The molecular formula is C19H19N3O5S. The Morgan fingerprint density at radius 3 is 2.71 bits per heavy atom. The average molecular weight is 401 g/mol. The van der Waals surface area contributed by atoms with Crippen LogP contribution in [-0.4, -0.2) is 46.2 Å². The van der Waals surface area contributed by atoms with Gasteiger partial charge in [0.25, 0.3) is 0 Å². The Morgan fingerprint density at radius 1 is 1.07 bits per heavy atom. The Hall–Kier alpha value is -2.78. The van der Waals surface area contributed by atoms with Crippen LogP contribution in [0.5, 0.6) is 11.5 Å². The number of nitrogens with one attached hydrogen (secondary N) is 2. The molecule has 28 heavy (non-hydrogen) atoms. The summed E-state index contributed by atoms with van der Waals surface area (Å²) in [5.74, 6) is 0.850. The molecule has 2 unspecified atom stereocenters. The Bertz CT molecular complexity index is 1060. The minimum atomic E-state index is -3.76. The molecule has 0 aromatic heterocycles. The fourth-order valence-electron chi connectivity index (χ4n) is 3.96. The molecule has 2 N–H and O–H groups in total. The van der Waals surface area contributed by atoms with Gasteiger partial charge in [0.1, 0.15) is 19.3 Å². The van der Waals surface area contributed by atoms with Gasteiger partial charge in [0.2, 0.25) is 15.9 Å². The highest BCUT2D eigenvalue weighted by molar-refractivity contribution is 7.89. The minimum Gasteiger partial charge on any atom is -0.486 e. The highest BCUT2D eigenvalue weighted by atomic mass is 32.2. The number of ether oxygens (including phenoxy) is 2. The van der Waals surface area contributed by atoms with Crippen molar-refractivity contribution in [1.82, 2.24) is 4.72 Å². The summed E-state index contributed by atoms with van der Waals surface area (Å²) in [7, 11) is -3.76. The van der Waals surface area contributed by atoms with Crippen LogP contribution in [0.25, 0.3) is 0 Å². The van der Waals surface area contributed by atoms with Gasteiger partial charge in [-0.25, -0.2) is 13.1 Å². The van der Waals surface area contributed by atoms with Crippen molar-refractivity contribution in [2.24, 2.45) is 0 Å². The van der Waals surface area contributed by atoms with E-state index >= 15 is 0 Å². The number of fused-ring (bicyclic) bond motifs is 4. The number of para-hydroxylation sites is 2. The maximum atomic E-state index is 12.9. The fourth-order valence-corrected chi connectivity index (χ4v) is 5.22. The van der Waals surface area contributed by atoms with E-state index in [-0.39, 0.29) is 22.9 Å². The average Bonchev–Trinajstić information content (AvgIpc) is 3.11. The lowest BCUT2D eigenvalue weighted by Gasteiger charge is -2.32. The summed E-state index contributed by atoms with van der Waals surface area (Å²) in [6, 6.07) is 11.3. The van der Waals surface area contributed by atoms with Gasteiger partial charge < -0.3 is 19.7 Å². The summed E-state index contributed by atoms with van der Waals surface area (Å²) < 4.78 is 39.4. The van der Waals surface area contributed by atoms with E-state index in [1.54, 1.807) is 6.07 Å². The smallest absolute Gasteiger partial charge is 0.247 e. The number of amides is 1. The van der Waals surface area contributed by atoms with Crippen LogP contribution in [0.4, 0.5) is 11.4 Å². The standard InChI is InChI=1S/C19H19N3O5S/c23-19-16-9-12(11-22(16)15-4-2-1-3-14(15)20-19)21-28(24,25)13-5-6-17-18(10-13)27-8-7-26-17/h1-6,10,12,16,21H,7-9,11H2,(H,20,23). The molecule has 0 aliphatic carbocycles. The summed E-state index contributed by atoms with van der Waals surface area (Å²) in [6.07, 6.45) is 0.407. The Labute approximate surface area is 162 Å². The zero-order valence-corrected chi connectivity index (χ0v) is 15.7. The van der Waals surface area contributed by atoms with E-state index in [0.29, 0.717) is 37.7 Å². The van der Waals surface area contributed by atoms with Crippen LogP contribution in [0.2, 0.25) is 0 Å². The number of carbonyl (C=O) groups excluding carboxylic acids is 1. The van der Waals surface area contributed by atoms with Crippen LogP contribution in [-0.2, 0) is 14.8 Å². The van der Waals surface area contributed by atoms with Crippen LogP contribution >= 0.6 is 0 Å². The normalized spacial score (nSPS) is 23.0. The van der Waals surface area contributed by atoms with Gasteiger partial charge in [-0.3, -0.25) is 4.79 Å². The first-order chi connectivity index (χ1) is 13.5. The zero-order valence-electron chi connectivity index (χ0n) is 14.9. The van der Waals surface area contributed by atoms with E-state index < -0.39 is 10.0 Å². The van der Waals surface area contributed by atoms with E-state index in [1.807, 2.05) is 29.2 Å². The maximum absolute atomic E-state index is 12.9. The first-order valence-electron chi connectivity index (χ1n) is 9.10. The molecule has 0 radical (unpaired) electrons. The minimum absolute atomic E-state index is 0.111. The Kier molecular flexibility index (Phi) is 3.95. The van der Waals surface area contributed by atoms with E-state index in [1.165, 1.54) is 12.1 Å². The molecule has 1 amide bonds. The van der Waals surface area contributed by atoms with Crippen molar-refractivity contribution in [3.05, 3.63) is 42.5 Å². The topological polar surface area (TPSA) is 97.0 Å². The number of nitrogens with zero attached hydrogens (tertiary/aromatic N) is 1. The third kappa shape index (κ3) is 2.87. The summed E-state index contributed by atoms with van der Waals surface area (Å²) >= 11 is 0. The first-order valence-corrected chi connectivity index (χ1v) is 10.6. The molecule has 2 aromatic carbocycles. The molecule has 0 spiro atoms. The summed E-state index contributed by atoms with van der Waals surface area (Å²) in [5, 5.41) is 2.89. The van der Waals surface area contributed by atoms with Crippen LogP contribution in [0, 0.1) is 0 Å². The first kappa shape index (κ1) is 17.3. The number of benzene rings is 2. The number of hydrogen-bond donors (Lipinski definition) is 2. The number of hydrogen-bond acceptors (Lipinski definition) is 6. The highest BCUT2D eigenvalue weighted by Crippen LogP contribution is 2.37. The summed E-state index contributed by atoms with van der Waals surface area (Å²) in [5.41, 5.74) is 1.66. The Morgan fingerprint density at radius 2 is 1.86 bits per heavy atom. The predicted octanol–water partition coefficient (Wildman–Crippen LogP) is 1.34. The maximum Gasteiger partial charge on any atom is 0.247 e. The molecule has 0 bridgehead atoms. The van der Waals surface area contributed by atoms with Gasteiger partial charge in [0.15, 0.2) is 11.5 Å². The fraction of sp³-hybridized carbons (Fsp3) is 0.316. The molecule has 8 nitrogen and oxygen atoms in total. The van der Waals surface area contributed by atoms with E-state index in [9.17, 15) is 13.2 Å². The Balaban J connectivity index is 1.38. The van der Waals surface area contributed by atoms with Crippen LogP contribution in [0.3, 0.4) is 0 Å². The molecule has 2 aromatic rings. The van der Waals surface area contributed by atoms with Crippen molar-refractivity contribution in [3.8, 4) is 11.5 Å². The second kappa shape index (κ2) is 6.39. The van der Waals surface area contributed by atoms with E-state index in [4.69, 9.17) is 9.47 Å². The van der Waals surface area contributed by atoms with Crippen molar-refractivity contribution < 1.29 is 22.7 Å².